The maximum Gasteiger partial charge on any atom is 0.270 e. The average Bonchev–Trinajstić information content (AvgIpc) is 2.93. The van der Waals surface area contributed by atoms with E-state index < -0.39 is 10.8 Å². The lowest BCUT2D eigenvalue weighted by Crippen LogP contribution is -2.23. The molecule has 0 fully saturated rings. The zero-order chi connectivity index (χ0) is 15.4. The number of benzene rings is 1. The Bertz CT molecular complexity index is 684. The molecule has 8 heteroatoms. The van der Waals surface area contributed by atoms with Gasteiger partial charge in [-0.1, -0.05) is 18.5 Å². The summed E-state index contributed by atoms with van der Waals surface area (Å²) >= 11 is 5.88. The molecule has 21 heavy (non-hydrogen) atoms. The van der Waals surface area contributed by atoms with Gasteiger partial charge in [0.05, 0.1) is 28.3 Å². The Morgan fingerprint density at radius 3 is 2.90 bits per heavy atom. The molecule has 1 aromatic heterocycles. The van der Waals surface area contributed by atoms with Crippen LogP contribution in [0.3, 0.4) is 0 Å². The third-order valence-electron chi connectivity index (χ3n) is 2.76. The monoisotopic (exact) mass is 309 g/mol. The number of aryl methyl sites for hydroxylation is 1. The molecule has 7 nitrogen and oxygen atoms in total. The van der Waals surface area contributed by atoms with Crippen LogP contribution >= 0.6 is 11.6 Å². The van der Waals surface area contributed by atoms with Gasteiger partial charge < -0.3 is 9.73 Å². The van der Waals surface area contributed by atoms with Gasteiger partial charge in [0.15, 0.2) is 0 Å². The quantitative estimate of drug-likeness (QED) is 0.676. The molecular formula is C13H12ClN3O4. The lowest BCUT2D eigenvalue weighted by atomic mass is 10.2. The number of halogens is 1. The van der Waals surface area contributed by atoms with Crippen LogP contribution in [0.1, 0.15) is 28.9 Å². The number of nitrogens with one attached hydrogen (secondary N) is 1. The molecule has 0 aliphatic heterocycles. The number of non-ortho nitro benzene ring substituents is 1. The van der Waals surface area contributed by atoms with Crippen LogP contribution in [-0.2, 0) is 13.0 Å². The van der Waals surface area contributed by atoms with Crippen LogP contribution in [0.5, 0.6) is 0 Å². The van der Waals surface area contributed by atoms with Gasteiger partial charge in [-0.05, 0) is 6.07 Å². The summed E-state index contributed by atoms with van der Waals surface area (Å²) in [5.41, 5.74) is -0.165. The highest BCUT2D eigenvalue weighted by atomic mass is 35.5. The van der Waals surface area contributed by atoms with E-state index >= 15 is 0 Å². The molecule has 1 amide bonds. The SMILES string of the molecule is CCc1cnc(CNC(=O)c2cc([N+](=O)[O-])ccc2Cl)o1. The molecule has 0 atom stereocenters. The Labute approximate surface area is 125 Å². The fourth-order valence-corrected chi connectivity index (χ4v) is 1.85. The summed E-state index contributed by atoms with van der Waals surface area (Å²) in [7, 11) is 0. The average molecular weight is 310 g/mol. The highest BCUT2D eigenvalue weighted by Crippen LogP contribution is 2.22. The fraction of sp³-hybridized carbons (Fsp3) is 0.231. The van der Waals surface area contributed by atoms with Crippen LogP contribution in [0.25, 0.3) is 0 Å². The Morgan fingerprint density at radius 1 is 1.52 bits per heavy atom. The van der Waals surface area contributed by atoms with E-state index in [-0.39, 0.29) is 22.8 Å². The summed E-state index contributed by atoms with van der Waals surface area (Å²) in [6, 6.07) is 3.68. The normalized spacial score (nSPS) is 10.4. The van der Waals surface area contributed by atoms with Gasteiger partial charge in [0.25, 0.3) is 11.6 Å². The zero-order valence-corrected chi connectivity index (χ0v) is 11.9. The molecule has 1 N–H and O–H groups in total. The van der Waals surface area contributed by atoms with Gasteiger partial charge in [-0.25, -0.2) is 4.98 Å². The van der Waals surface area contributed by atoms with E-state index in [4.69, 9.17) is 16.0 Å². The van der Waals surface area contributed by atoms with Gasteiger partial charge in [0.1, 0.15) is 5.76 Å². The van der Waals surface area contributed by atoms with Crippen LogP contribution in [0.15, 0.2) is 28.8 Å². The van der Waals surface area contributed by atoms with Crippen molar-refractivity contribution in [1.82, 2.24) is 10.3 Å². The minimum absolute atomic E-state index is 0.0353. The number of carbonyl (C=O) groups is 1. The van der Waals surface area contributed by atoms with Gasteiger partial charge in [-0.3, -0.25) is 14.9 Å². The number of aromatic nitrogens is 1. The Hall–Kier alpha value is -2.41. The molecule has 0 aliphatic rings. The molecule has 2 rings (SSSR count). The molecule has 0 radical (unpaired) electrons. The topological polar surface area (TPSA) is 98.3 Å². The van der Waals surface area contributed by atoms with Crippen LogP contribution in [-0.4, -0.2) is 15.8 Å². The predicted molar refractivity (Wildman–Crippen MR) is 75.2 cm³/mol. The Kier molecular flexibility index (Phi) is 4.54. The second-order valence-electron chi connectivity index (χ2n) is 4.18. The van der Waals surface area contributed by atoms with E-state index in [2.05, 4.69) is 10.3 Å². The zero-order valence-electron chi connectivity index (χ0n) is 11.1. The lowest BCUT2D eigenvalue weighted by molar-refractivity contribution is -0.384. The van der Waals surface area contributed by atoms with Crippen LogP contribution in [0.4, 0.5) is 5.69 Å². The summed E-state index contributed by atoms with van der Waals surface area (Å²) in [6.45, 7) is 2.00. The number of nitro benzene ring substituents is 1. The molecule has 1 aromatic carbocycles. The lowest BCUT2D eigenvalue weighted by Gasteiger charge is -2.04. The maximum atomic E-state index is 12.0. The van der Waals surface area contributed by atoms with Crippen molar-refractivity contribution < 1.29 is 14.1 Å². The number of nitrogens with zero attached hydrogens (tertiary/aromatic N) is 2. The smallest absolute Gasteiger partial charge is 0.270 e. The Balaban J connectivity index is 2.09. The fourth-order valence-electron chi connectivity index (χ4n) is 1.65. The number of amides is 1. The van der Waals surface area contributed by atoms with E-state index in [0.717, 1.165) is 6.07 Å². The second kappa shape index (κ2) is 6.36. The highest BCUT2D eigenvalue weighted by molar-refractivity contribution is 6.33. The number of oxazole rings is 1. The molecule has 0 unspecified atom stereocenters. The number of hydrogen-bond donors (Lipinski definition) is 1. The van der Waals surface area contributed by atoms with Gasteiger partial charge in [-0.2, -0.15) is 0 Å². The van der Waals surface area contributed by atoms with E-state index in [9.17, 15) is 14.9 Å². The van der Waals surface area contributed by atoms with Crippen molar-refractivity contribution in [3.8, 4) is 0 Å². The molecule has 0 bridgehead atoms. The highest BCUT2D eigenvalue weighted by Gasteiger charge is 2.16. The van der Waals surface area contributed by atoms with Crippen molar-refractivity contribution >= 4 is 23.2 Å². The van der Waals surface area contributed by atoms with Crippen LogP contribution in [0.2, 0.25) is 5.02 Å². The number of carbonyl (C=O) groups excluding carboxylic acids is 1. The van der Waals surface area contributed by atoms with Crippen molar-refractivity contribution in [3.05, 3.63) is 56.7 Å². The first-order valence-electron chi connectivity index (χ1n) is 6.17. The predicted octanol–water partition coefficient (Wildman–Crippen LogP) is 2.73. The number of rotatable bonds is 5. The standard InChI is InChI=1S/C13H12ClN3O4/c1-2-9-6-15-12(21-9)7-16-13(18)10-5-8(17(19)20)3-4-11(10)14/h3-6H,2,7H2,1H3,(H,16,18). The summed E-state index contributed by atoms with van der Waals surface area (Å²) in [5.74, 6) is 0.550. The second-order valence-corrected chi connectivity index (χ2v) is 4.59. The first kappa shape index (κ1) is 15.0. The largest absolute Gasteiger partial charge is 0.444 e. The van der Waals surface area contributed by atoms with Gasteiger partial charge in [-0.15, -0.1) is 0 Å². The molecule has 0 spiro atoms. The van der Waals surface area contributed by atoms with E-state index in [0.29, 0.717) is 18.1 Å². The third-order valence-corrected chi connectivity index (χ3v) is 3.09. The molecular weight excluding hydrogens is 298 g/mol. The van der Waals surface area contributed by atoms with Crippen molar-refractivity contribution in [3.63, 3.8) is 0 Å². The minimum Gasteiger partial charge on any atom is -0.444 e. The molecule has 1 heterocycles. The maximum absolute atomic E-state index is 12.0. The van der Waals surface area contributed by atoms with Gasteiger partial charge in [0.2, 0.25) is 5.89 Å². The third kappa shape index (κ3) is 3.57. The van der Waals surface area contributed by atoms with E-state index in [1.165, 1.54) is 12.1 Å². The number of nitro groups is 1. The summed E-state index contributed by atoms with van der Waals surface area (Å²) in [6.07, 6.45) is 2.29. The summed E-state index contributed by atoms with van der Waals surface area (Å²) in [5, 5.41) is 13.4. The summed E-state index contributed by atoms with van der Waals surface area (Å²) < 4.78 is 5.34. The van der Waals surface area contributed by atoms with Crippen LogP contribution < -0.4 is 5.32 Å². The van der Waals surface area contributed by atoms with Gasteiger partial charge >= 0.3 is 0 Å². The molecule has 0 saturated carbocycles. The van der Waals surface area contributed by atoms with E-state index in [1.54, 1.807) is 6.20 Å². The van der Waals surface area contributed by atoms with Crippen molar-refractivity contribution in [1.29, 1.82) is 0 Å². The van der Waals surface area contributed by atoms with Crippen LogP contribution in [0, 0.1) is 10.1 Å². The molecule has 110 valence electrons. The van der Waals surface area contributed by atoms with Crippen molar-refractivity contribution in [2.75, 3.05) is 0 Å². The van der Waals surface area contributed by atoms with Crippen molar-refractivity contribution in [2.45, 2.75) is 19.9 Å². The minimum atomic E-state index is -0.589. The first-order chi connectivity index (χ1) is 10.0. The van der Waals surface area contributed by atoms with Crippen molar-refractivity contribution in [2.24, 2.45) is 0 Å². The molecule has 0 aliphatic carbocycles. The Morgan fingerprint density at radius 2 is 2.29 bits per heavy atom. The molecule has 0 saturated heterocycles. The number of hydrogen-bond acceptors (Lipinski definition) is 5. The van der Waals surface area contributed by atoms with E-state index in [1.807, 2.05) is 6.92 Å². The first-order valence-corrected chi connectivity index (χ1v) is 6.54. The van der Waals surface area contributed by atoms with Gasteiger partial charge in [0, 0.05) is 18.6 Å². The molecule has 2 aromatic rings. The summed E-state index contributed by atoms with van der Waals surface area (Å²) in [4.78, 5) is 26.1.